The zero-order valence-corrected chi connectivity index (χ0v) is 12.8. The summed E-state index contributed by atoms with van der Waals surface area (Å²) in [6.07, 6.45) is 4.10. The normalized spacial score (nSPS) is 19.9. The predicted octanol–water partition coefficient (Wildman–Crippen LogP) is 1.13. The quantitative estimate of drug-likeness (QED) is 0.649. The van der Waals surface area contributed by atoms with Crippen LogP contribution in [0.5, 0.6) is 0 Å². The molecule has 2 atom stereocenters. The molecule has 0 heterocycles. The molecule has 6 nitrogen and oxygen atoms in total. The van der Waals surface area contributed by atoms with Gasteiger partial charge in [-0.2, -0.15) is 0 Å². The number of carboxylic acids is 1. The number of carboxylic acid groups (broad SMARTS) is 1. The third-order valence-electron chi connectivity index (χ3n) is 3.75. The average Bonchev–Trinajstić information content (AvgIpc) is 2.55. The van der Waals surface area contributed by atoms with Crippen molar-refractivity contribution in [1.29, 1.82) is 0 Å². The van der Waals surface area contributed by atoms with Crippen molar-refractivity contribution in [2.45, 2.75) is 19.8 Å². The van der Waals surface area contributed by atoms with Crippen molar-refractivity contribution in [2.24, 2.45) is 11.8 Å². The summed E-state index contributed by atoms with van der Waals surface area (Å²) in [5.41, 5.74) is 0.543. The molecule has 1 N–H and O–H groups in total. The molecule has 1 aromatic carbocycles. The largest absolute Gasteiger partial charge is 0.550 e. The number of anilines is 1. The molecule has 1 amide bonds. The van der Waals surface area contributed by atoms with Crippen LogP contribution in [0.2, 0.25) is 0 Å². The second-order valence-corrected chi connectivity index (χ2v) is 5.23. The minimum Gasteiger partial charge on any atom is -0.550 e. The molecule has 1 aliphatic carbocycles. The fraction of sp³-hybridized carbons (Fsp3) is 0.353. The van der Waals surface area contributed by atoms with Crippen LogP contribution in [0.15, 0.2) is 36.4 Å². The van der Waals surface area contributed by atoms with E-state index in [1.807, 2.05) is 0 Å². The highest BCUT2D eigenvalue weighted by Crippen LogP contribution is 2.27. The van der Waals surface area contributed by atoms with Crippen LogP contribution >= 0.6 is 0 Å². The Kier molecular flexibility index (Phi) is 5.51. The molecule has 0 bridgehead atoms. The van der Waals surface area contributed by atoms with Crippen molar-refractivity contribution in [3.8, 4) is 0 Å². The third-order valence-corrected chi connectivity index (χ3v) is 3.75. The van der Waals surface area contributed by atoms with Crippen LogP contribution in [0.25, 0.3) is 0 Å². The van der Waals surface area contributed by atoms with E-state index in [1.54, 1.807) is 43.3 Å². The van der Waals surface area contributed by atoms with Crippen molar-refractivity contribution in [3.05, 3.63) is 42.0 Å². The Balaban J connectivity index is 2.18. The molecule has 0 radical (unpaired) electrons. The van der Waals surface area contributed by atoms with Gasteiger partial charge in [-0.05, 0) is 31.9 Å². The summed E-state index contributed by atoms with van der Waals surface area (Å²) in [6.45, 7) is 1.92. The van der Waals surface area contributed by atoms with E-state index in [0.29, 0.717) is 12.1 Å². The zero-order valence-electron chi connectivity index (χ0n) is 12.8. The number of esters is 1. The highest BCUT2D eigenvalue weighted by atomic mass is 16.5. The Bertz CT molecular complexity index is 638. The lowest BCUT2D eigenvalue weighted by atomic mass is 9.82. The first-order valence-electron chi connectivity index (χ1n) is 7.47. The number of rotatable bonds is 5. The molecule has 2 unspecified atom stereocenters. The number of ether oxygens (including phenoxy) is 1. The molecular formula is C17H18NO5-. The van der Waals surface area contributed by atoms with Crippen molar-refractivity contribution in [2.75, 3.05) is 11.9 Å². The summed E-state index contributed by atoms with van der Waals surface area (Å²) >= 11 is 0. The molecular weight excluding hydrogens is 298 g/mol. The first-order valence-corrected chi connectivity index (χ1v) is 7.47. The van der Waals surface area contributed by atoms with Gasteiger partial charge in [-0.25, -0.2) is 4.79 Å². The van der Waals surface area contributed by atoms with Crippen LogP contribution in [0.1, 0.15) is 30.1 Å². The summed E-state index contributed by atoms with van der Waals surface area (Å²) < 4.78 is 4.95. The number of hydrogen-bond acceptors (Lipinski definition) is 5. The van der Waals surface area contributed by atoms with Gasteiger partial charge >= 0.3 is 5.97 Å². The van der Waals surface area contributed by atoms with Gasteiger partial charge in [0.05, 0.1) is 23.8 Å². The molecule has 0 saturated heterocycles. The maximum absolute atomic E-state index is 12.4. The van der Waals surface area contributed by atoms with E-state index in [1.165, 1.54) is 0 Å². The number of benzene rings is 1. The Hall–Kier alpha value is -2.63. The Morgan fingerprint density at radius 2 is 1.83 bits per heavy atom. The monoisotopic (exact) mass is 316 g/mol. The molecule has 2 rings (SSSR count). The summed E-state index contributed by atoms with van der Waals surface area (Å²) in [4.78, 5) is 35.5. The van der Waals surface area contributed by atoms with E-state index in [9.17, 15) is 19.5 Å². The number of amides is 1. The van der Waals surface area contributed by atoms with Crippen LogP contribution in [0, 0.1) is 11.8 Å². The fourth-order valence-electron chi connectivity index (χ4n) is 2.57. The number of aliphatic carboxylic acids is 1. The van der Waals surface area contributed by atoms with E-state index in [2.05, 4.69) is 5.32 Å². The number of carbonyl (C=O) groups excluding carboxylic acids is 3. The van der Waals surface area contributed by atoms with Crippen LogP contribution in [0.4, 0.5) is 5.69 Å². The molecule has 0 aromatic heterocycles. The Morgan fingerprint density at radius 1 is 1.17 bits per heavy atom. The lowest BCUT2D eigenvalue weighted by molar-refractivity contribution is -0.313. The van der Waals surface area contributed by atoms with Gasteiger partial charge in [-0.3, -0.25) is 4.79 Å². The summed E-state index contributed by atoms with van der Waals surface area (Å²) in [6, 6.07) is 6.46. The van der Waals surface area contributed by atoms with E-state index in [-0.39, 0.29) is 18.6 Å². The van der Waals surface area contributed by atoms with Crippen molar-refractivity contribution < 1.29 is 24.2 Å². The molecule has 1 aromatic rings. The second-order valence-electron chi connectivity index (χ2n) is 5.23. The van der Waals surface area contributed by atoms with Gasteiger partial charge in [-0.15, -0.1) is 0 Å². The van der Waals surface area contributed by atoms with Gasteiger partial charge in [0.25, 0.3) is 0 Å². The molecule has 0 spiro atoms. The minimum atomic E-state index is -1.24. The number of nitrogens with one attached hydrogen (secondary N) is 1. The first-order chi connectivity index (χ1) is 11.0. The lowest BCUT2D eigenvalue weighted by Gasteiger charge is -2.28. The predicted molar refractivity (Wildman–Crippen MR) is 81.4 cm³/mol. The van der Waals surface area contributed by atoms with Gasteiger partial charge in [0.15, 0.2) is 0 Å². The van der Waals surface area contributed by atoms with E-state index >= 15 is 0 Å². The molecule has 1 aliphatic rings. The van der Waals surface area contributed by atoms with Crippen LogP contribution < -0.4 is 10.4 Å². The number of hydrogen-bond donors (Lipinski definition) is 1. The molecule has 0 fully saturated rings. The van der Waals surface area contributed by atoms with Gasteiger partial charge in [0.2, 0.25) is 5.91 Å². The molecule has 0 aliphatic heterocycles. The highest BCUT2D eigenvalue weighted by Gasteiger charge is 2.30. The molecule has 0 saturated carbocycles. The average molecular weight is 316 g/mol. The highest BCUT2D eigenvalue weighted by molar-refractivity contribution is 6.02. The molecule has 6 heteroatoms. The summed E-state index contributed by atoms with van der Waals surface area (Å²) in [5.74, 6) is -3.81. The van der Waals surface area contributed by atoms with Gasteiger partial charge in [0, 0.05) is 11.9 Å². The SMILES string of the molecule is CCOC(=O)c1ccccc1NC(=O)C1CC=CCC1C(=O)[O-]. The maximum atomic E-state index is 12.4. The topological polar surface area (TPSA) is 95.5 Å². The van der Waals surface area contributed by atoms with Crippen molar-refractivity contribution in [3.63, 3.8) is 0 Å². The summed E-state index contributed by atoms with van der Waals surface area (Å²) in [5, 5.41) is 13.8. The van der Waals surface area contributed by atoms with Crippen LogP contribution in [0.3, 0.4) is 0 Å². The van der Waals surface area contributed by atoms with E-state index in [4.69, 9.17) is 4.74 Å². The minimum absolute atomic E-state index is 0.224. The standard InChI is InChI=1S/C17H19NO5/c1-2-23-17(22)13-9-5-6-10-14(13)18-15(19)11-7-3-4-8-12(11)16(20)21/h3-6,9-12H,2,7-8H2,1H3,(H,18,19)(H,20,21)/p-1. The Labute approximate surface area is 134 Å². The van der Waals surface area contributed by atoms with Gasteiger partial charge in [-0.1, -0.05) is 24.3 Å². The van der Waals surface area contributed by atoms with Crippen LogP contribution in [-0.2, 0) is 14.3 Å². The molecule has 23 heavy (non-hydrogen) atoms. The number of carbonyl (C=O) groups is 3. The zero-order chi connectivity index (χ0) is 16.8. The number of para-hydroxylation sites is 1. The fourth-order valence-corrected chi connectivity index (χ4v) is 2.57. The van der Waals surface area contributed by atoms with Crippen LogP contribution in [-0.4, -0.2) is 24.5 Å². The Morgan fingerprint density at radius 3 is 2.48 bits per heavy atom. The third kappa shape index (κ3) is 3.97. The number of allylic oxidation sites excluding steroid dienone is 2. The lowest BCUT2D eigenvalue weighted by Crippen LogP contribution is -2.41. The first kappa shape index (κ1) is 16.7. The summed E-state index contributed by atoms with van der Waals surface area (Å²) in [7, 11) is 0. The van der Waals surface area contributed by atoms with Gasteiger partial charge < -0.3 is 20.0 Å². The maximum Gasteiger partial charge on any atom is 0.340 e. The molecule has 122 valence electrons. The van der Waals surface area contributed by atoms with E-state index < -0.39 is 29.7 Å². The van der Waals surface area contributed by atoms with Gasteiger partial charge in [0.1, 0.15) is 0 Å². The smallest absolute Gasteiger partial charge is 0.340 e. The van der Waals surface area contributed by atoms with Crippen molar-refractivity contribution >= 4 is 23.5 Å². The van der Waals surface area contributed by atoms with Crippen molar-refractivity contribution in [1.82, 2.24) is 0 Å². The van der Waals surface area contributed by atoms with E-state index in [0.717, 1.165) is 0 Å². The second kappa shape index (κ2) is 7.58.